The zero-order valence-electron chi connectivity index (χ0n) is 20.0. The summed E-state index contributed by atoms with van der Waals surface area (Å²) in [5, 5.41) is 11.8. The molecule has 9 heteroatoms. The summed E-state index contributed by atoms with van der Waals surface area (Å²) < 4.78 is 28.5. The number of rotatable bonds is 12. The predicted molar refractivity (Wildman–Crippen MR) is 140 cm³/mol. The highest BCUT2D eigenvalue weighted by Gasteiger charge is 2.25. The number of carbonyl (C=O) groups excluding carboxylic acids is 1. The fourth-order valence-corrected chi connectivity index (χ4v) is 5.32. The summed E-state index contributed by atoms with van der Waals surface area (Å²) in [4.78, 5) is 23.2. The summed E-state index contributed by atoms with van der Waals surface area (Å²) in [7, 11) is -3.79. The summed E-state index contributed by atoms with van der Waals surface area (Å²) in [5.41, 5.74) is 3.06. The van der Waals surface area contributed by atoms with Gasteiger partial charge in [-0.3, -0.25) is 9.59 Å². The summed E-state index contributed by atoms with van der Waals surface area (Å²) in [6.07, 6.45) is 1.21. The van der Waals surface area contributed by atoms with E-state index in [0.717, 1.165) is 23.1 Å². The fourth-order valence-electron chi connectivity index (χ4n) is 3.73. The number of carboxylic acid groups (broad SMARTS) is 1. The maximum Gasteiger partial charge on any atom is 0.305 e. The van der Waals surface area contributed by atoms with Gasteiger partial charge in [-0.25, -0.2) is 8.42 Å². The zero-order chi connectivity index (χ0) is 26.1. The van der Waals surface area contributed by atoms with Crippen molar-refractivity contribution < 1.29 is 23.1 Å². The number of benzene rings is 3. The molecule has 0 fully saturated rings. The minimum atomic E-state index is -3.79. The van der Waals surface area contributed by atoms with Gasteiger partial charge < -0.3 is 10.4 Å². The van der Waals surface area contributed by atoms with E-state index in [1.165, 1.54) is 16.4 Å². The highest BCUT2D eigenvalue weighted by molar-refractivity contribution is 7.89. The molecule has 0 unspecified atom stereocenters. The first kappa shape index (κ1) is 27.4. The maximum absolute atomic E-state index is 13.5. The third kappa shape index (κ3) is 7.65. The van der Waals surface area contributed by atoms with Crippen LogP contribution in [0.2, 0.25) is 5.02 Å². The van der Waals surface area contributed by atoms with Crippen molar-refractivity contribution in [1.29, 1.82) is 0 Å². The van der Waals surface area contributed by atoms with Crippen molar-refractivity contribution in [2.24, 2.45) is 0 Å². The second-order valence-electron chi connectivity index (χ2n) is 8.42. The van der Waals surface area contributed by atoms with Gasteiger partial charge in [-0.15, -0.1) is 0 Å². The molecule has 0 saturated carbocycles. The zero-order valence-corrected chi connectivity index (χ0v) is 21.6. The highest BCUT2D eigenvalue weighted by atomic mass is 35.5. The standard InChI is InChI=1S/C27H29ClN2O5S/c1-20-18-22(27(33)29-16-15-26(31)32)9-10-23(20)19-30(17-5-8-21-6-3-2-4-7-21)36(34,35)25-13-11-24(28)12-14-25/h2-4,6-7,9-14,18H,5,8,15-17,19H2,1H3,(H,29,33)(H,31,32). The molecule has 3 aromatic rings. The Morgan fingerprint density at radius 1 is 1.00 bits per heavy atom. The molecule has 3 aromatic carbocycles. The van der Waals surface area contributed by atoms with Crippen molar-refractivity contribution in [3.8, 4) is 0 Å². The van der Waals surface area contributed by atoms with Crippen LogP contribution in [0.3, 0.4) is 0 Å². The Labute approximate surface area is 216 Å². The minimum Gasteiger partial charge on any atom is -0.481 e. The van der Waals surface area contributed by atoms with Gasteiger partial charge in [0, 0.05) is 30.2 Å². The van der Waals surface area contributed by atoms with Crippen molar-refractivity contribution >= 4 is 33.5 Å². The van der Waals surface area contributed by atoms with E-state index in [2.05, 4.69) is 5.32 Å². The van der Waals surface area contributed by atoms with Crippen molar-refractivity contribution in [2.45, 2.75) is 37.6 Å². The smallest absolute Gasteiger partial charge is 0.305 e. The number of sulfonamides is 1. The Balaban J connectivity index is 1.79. The molecule has 2 N–H and O–H groups in total. The van der Waals surface area contributed by atoms with Crippen molar-refractivity contribution in [1.82, 2.24) is 9.62 Å². The molecule has 0 atom stereocenters. The molecular formula is C27H29ClN2O5S. The van der Waals surface area contributed by atoms with Gasteiger partial charge in [0.2, 0.25) is 10.0 Å². The van der Waals surface area contributed by atoms with E-state index >= 15 is 0 Å². The van der Waals surface area contributed by atoms with Gasteiger partial charge in [0.25, 0.3) is 5.91 Å². The number of carbonyl (C=O) groups is 2. The highest BCUT2D eigenvalue weighted by Crippen LogP contribution is 2.23. The molecule has 0 saturated heterocycles. The van der Waals surface area contributed by atoms with E-state index in [1.807, 2.05) is 37.3 Å². The van der Waals surface area contributed by atoms with Crippen LogP contribution < -0.4 is 5.32 Å². The summed E-state index contributed by atoms with van der Waals surface area (Å²) in [6, 6.07) is 21.0. The van der Waals surface area contributed by atoms with Crippen LogP contribution in [0.1, 0.15) is 39.9 Å². The number of halogens is 1. The molecule has 0 aliphatic rings. The molecule has 0 bridgehead atoms. The van der Waals surface area contributed by atoms with E-state index in [-0.39, 0.29) is 30.3 Å². The minimum absolute atomic E-state index is 0.0312. The Bertz CT molecular complexity index is 1300. The first-order valence-corrected chi connectivity index (χ1v) is 13.4. The van der Waals surface area contributed by atoms with E-state index in [0.29, 0.717) is 23.6 Å². The lowest BCUT2D eigenvalue weighted by atomic mass is 10.0. The van der Waals surface area contributed by atoms with Crippen LogP contribution >= 0.6 is 11.6 Å². The van der Waals surface area contributed by atoms with Crippen LogP contribution in [0.25, 0.3) is 0 Å². The molecule has 0 spiro atoms. The second kappa shape index (κ2) is 12.7. The first-order valence-electron chi connectivity index (χ1n) is 11.6. The lowest BCUT2D eigenvalue weighted by Crippen LogP contribution is -2.32. The second-order valence-corrected chi connectivity index (χ2v) is 10.8. The summed E-state index contributed by atoms with van der Waals surface area (Å²) in [5.74, 6) is -1.37. The van der Waals surface area contributed by atoms with Crippen LogP contribution in [0.15, 0.2) is 77.7 Å². The molecular weight excluding hydrogens is 500 g/mol. The van der Waals surface area contributed by atoms with Gasteiger partial charge in [0.05, 0.1) is 11.3 Å². The molecule has 7 nitrogen and oxygen atoms in total. The third-order valence-electron chi connectivity index (χ3n) is 5.74. The molecule has 3 rings (SSSR count). The number of nitrogens with one attached hydrogen (secondary N) is 1. The Hall–Kier alpha value is -3.20. The van der Waals surface area contributed by atoms with E-state index in [9.17, 15) is 18.0 Å². The van der Waals surface area contributed by atoms with E-state index < -0.39 is 16.0 Å². The largest absolute Gasteiger partial charge is 0.481 e. The SMILES string of the molecule is Cc1cc(C(=O)NCCC(=O)O)ccc1CN(CCCc1ccccc1)S(=O)(=O)c1ccc(Cl)cc1. The molecule has 1 amide bonds. The van der Waals surface area contributed by atoms with Crippen LogP contribution in [-0.4, -0.2) is 42.8 Å². The third-order valence-corrected chi connectivity index (χ3v) is 7.85. The molecule has 0 aliphatic carbocycles. The monoisotopic (exact) mass is 528 g/mol. The van der Waals surface area contributed by atoms with Crippen LogP contribution in [-0.2, 0) is 27.8 Å². The number of hydrogen-bond acceptors (Lipinski definition) is 4. The maximum atomic E-state index is 13.5. The van der Waals surface area contributed by atoms with Crippen LogP contribution in [0.5, 0.6) is 0 Å². The average Bonchev–Trinajstić information content (AvgIpc) is 2.85. The number of aryl methyl sites for hydroxylation is 2. The molecule has 36 heavy (non-hydrogen) atoms. The Morgan fingerprint density at radius 3 is 2.33 bits per heavy atom. The first-order chi connectivity index (χ1) is 17.2. The number of nitrogens with zero attached hydrogens (tertiary/aromatic N) is 1. The lowest BCUT2D eigenvalue weighted by molar-refractivity contribution is -0.136. The molecule has 0 heterocycles. The average molecular weight is 529 g/mol. The topological polar surface area (TPSA) is 104 Å². The summed E-state index contributed by atoms with van der Waals surface area (Å²) >= 11 is 5.96. The van der Waals surface area contributed by atoms with Gasteiger partial charge in [0.1, 0.15) is 0 Å². The Kier molecular flexibility index (Phi) is 9.64. The van der Waals surface area contributed by atoms with Gasteiger partial charge >= 0.3 is 5.97 Å². The van der Waals surface area contributed by atoms with E-state index in [1.54, 1.807) is 30.3 Å². The molecule has 190 valence electrons. The molecule has 0 radical (unpaired) electrons. The number of aliphatic carboxylic acids is 1. The van der Waals surface area contributed by atoms with E-state index in [4.69, 9.17) is 16.7 Å². The van der Waals surface area contributed by atoms with Crippen molar-refractivity contribution in [2.75, 3.05) is 13.1 Å². The van der Waals surface area contributed by atoms with Crippen molar-refractivity contribution in [3.05, 3.63) is 100 Å². The van der Waals surface area contributed by atoms with Crippen LogP contribution in [0, 0.1) is 6.92 Å². The van der Waals surface area contributed by atoms with Crippen molar-refractivity contribution in [3.63, 3.8) is 0 Å². The number of carboxylic acids is 1. The molecule has 0 aromatic heterocycles. The van der Waals surface area contributed by atoms with Crippen LogP contribution in [0.4, 0.5) is 0 Å². The van der Waals surface area contributed by atoms with Gasteiger partial charge in [0.15, 0.2) is 0 Å². The Morgan fingerprint density at radius 2 is 1.69 bits per heavy atom. The van der Waals surface area contributed by atoms with Gasteiger partial charge in [-0.2, -0.15) is 4.31 Å². The number of hydrogen-bond donors (Lipinski definition) is 2. The van der Waals surface area contributed by atoms with Gasteiger partial charge in [-0.1, -0.05) is 48.0 Å². The predicted octanol–water partition coefficient (Wildman–Crippen LogP) is 4.68. The number of amides is 1. The normalized spacial score (nSPS) is 11.4. The lowest BCUT2D eigenvalue weighted by Gasteiger charge is -2.23. The fraction of sp³-hybridized carbons (Fsp3) is 0.259. The quantitative estimate of drug-likeness (QED) is 0.355. The van der Waals surface area contributed by atoms with Gasteiger partial charge in [-0.05, 0) is 72.9 Å². The summed E-state index contributed by atoms with van der Waals surface area (Å²) in [6.45, 7) is 2.31. The molecule has 0 aliphatic heterocycles.